The van der Waals surface area contributed by atoms with Gasteiger partial charge < -0.3 is 24.1 Å². The topological polar surface area (TPSA) is 96.1 Å². The molecule has 1 amide bonds. The van der Waals surface area contributed by atoms with Crippen LogP contribution in [0, 0.1) is 0 Å². The summed E-state index contributed by atoms with van der Waals surface area (Å²) in [4.78, 5) is 35.1. The molecule has 0 saturated carbocycles. The minimum atomic E-state index is -0.838. The number of hydrogen-bond acceptors (Lipinski definition) is 7. The minimum Gasteiger partial charge on any atom is -0.503 e. The van der Waals surface area contributed by atoms with Crippen LogP contribution >= 0.6 is 11.6 Å². The predicted molar refractivity (Wildman–Crippen MR) is 149 cm³/mol. The number of rotatable bonds is 9. The zero-order valence-corrected chi connectivity index (χ0v) is 22.6. The van der Waals surface area contributed by atoms with Gasteiger partial charge in [0.05, 0.1) is 18.7 Å². The molecule has 2 aromatic heterocycles. The molecule has 0 radical (unpaired) electrons. The zero-order valence-electron chi connectivity index (χ0n) is 21.8. The Kier molecular flexibility index (Phi) is 7.30. The molecule has 3 heterocycles. The van der Waals surface area contributed by atoms with E-state index in [9.17, 15) is 14.7 Å². The van der Waals surface area contributed by atoms with Crippen LogP contribution in [0.15, 0.2) is 82.7 Å². The molecule has 0 saturated heterocycles. The SMILES string of the molecule is CCN(CC)c1ccc(C2C(C(=O)c3cc4cc(Cl)cc(OC)c4o3)=C(O)C(=O)N2Cc2cccnc2)cc1. The molecule has 0 spiro atoms. The van der Waals surface area contributed by atoms with Crippen LogP contribution in [0.4, 0.5) is 5.69 Å². The van der Waals surface area contributed by atoms with Crippen LogP contribution < -0.4 is 9.64 Å². The highest BCUT2D eigenvalue weighted by Crippen LogP contribution is 2.42. The van der Waals surface area contributed by atoms with Gasteiger partial charge in [-0.3, -0.25) is 14.6 Å². The number of carbonyl (C=O) groups excluding carboxylic acids is 2. The Morgan fingerprint density at radius 2 is 1.90 bits per heavy atom. The van der Waals surface area contributed by atoms with Crippen molar-refractivity contribution < 1.29 is 23.8 Å². The lowest BCUT2D eigenvalue weighted by Crippen LogP contribution is -2.30. The molecular weight excluding hydrogens is 518 g/mol. The van der Waals surface area contributed by atoms with E-state index in [0.29, 0.717) is 27.3 Å². The number of ether oxygens (including phenoxy) is 1. The number of Topliss-reactive ketones (excluding diaryl/α,β-unsaturated/α-hetero) is 1. The standard InChI is InChI=1S/C30H28ClN3O5/c1-4-33(5-2)22-10-8-19(9-11-22)26-25(28(36)30(37)34(26)17-18-7-6-12-32-16-18)27(35)23-14-20-13-21(31)15-24(38-3)29(20)39-23/h6-16,26,36H,4-5,17H2,1-3H3. The van der Waals surface area contributed by atoms with E-state index in [1.165, 1.54) is 12.0 Å². The quantitative estimate of drug-likeness (QED) is 0.253. The molecular formula is C30H28ClN3O5. The fraction of sp³-hybridized carbons (Fsp3) is 0.233. The molecule has 200 valence electrons. The van der Waals surface area contributed by atoms with E-state index >= 15 is 0 Å². The summed E-state index contributed by atoms with van der Waals surface area (Å²) in [7, 11) is 1.48. The van der Waals surface area contributed by atoms with Crippen LogP contribution in [0.1, 0.15) is 41.6 Å². The van der Waals surface area contributed by atoms with Gasteiger partial charge in [0.2, 0.25) is 5.78 Å². The third-order valence-electron chi connectivity index (χ3n) is 6.95. The maximum Gasteiger partial charge on any atom is 0.290 e. The molecule has 5 rings (SSSR count). The highest BCUT2D eigenvalue weighted by atomic mass is 35.5. The summed E-state index contributed by atoms with van der Waals surface area (Å²) in [5, 5.41) is 12.1. The Hall–Kier alpha value is -4.30. The molecule has 0 bridgehead atoms. The fourth-order valence-corrected chi connectivity index (χ4v) is 5.24. The first-order chi connectivity index (χ1) is 18.9. The predicted octanol–water partition coefficient (Wildman–Crippen LogP) is 6.11. The lowest BCUT2D eigenvalue weighted by atomic mass is 9.94. The number of anilines is 1. The summed E-state index contributed by atoms with van der Waals surface area (Å²) < 4.78 is 11.3. The smallest absolute Gasteiger partial charge is 0.290 e. The van der Waals surface area contributed by atoms with E-state index in [4.69, 9.17) is 20.8 Å². The molecule has 1 atom stereocenters. The molecule has 0 aliphatic carbocycles. The summed E-state index contributed by atoms with van der Waals surface area (Å²) in [6.45, 7) is 5.99. The van der Waals surface area contributed by atoms with E-state index in [1.54, 1.807) is 36.7 Å². The summed E-state index contributed by atoms with van der Waals surface area (Å²) >= 11 is 6.20. The lowest BCUT2D eigenvalue weighted by Gasteiger charge is -2.27. The van der Waals surface area contributed by atoms with Crippen LogP contribution in [0.25, 0.3) is 11.0 Å². The molecule has 1 aliphatic heterocycles. The monoisotopic (exact) mass is 545 g/mol. The van der Waals surface area contributed by atoms with E-state index in [1.807, 2.05) is 30.3 Å². The van der Waals surface area contributed by atoms with Gasteiger partial charge in [-0.2, -0.15) is 0 Å². The Bertz CT molecular complexity index is 1560. The summed E-state index contributed by atoms with van der Waals surface area (Å²) in [6, 6.07) is 15.3. The summed E-state index contributed by atoms with van der Waals surface area (Å²) in [5.41, 5.74) is 2.77. The number of aliphatic hydroxyl groups excluding tert-OH is 1. The number of halogens is 1. The van der Waals surface area contributed by atoms with E-state index in [2.05, 4.69) is 23.7 Å². The second-order valence-corrected chi connectivity index (χ2v) is 9.63. The number of furan rings is 1. The zero-order chi connectivity index (χ0) is 27.7. The number of ketones is 1. The van der Waals surface area contributed by atoms with Crippen LogP contribution in [-0.4, -0.2) is 46.9 Å². The number of hydrogen-bond donors (Lipinski definition) is 1. The van der Waals surface area contributed by atoms with Crippen molar-refractivity contribution in [3.05, 3.63) is 100 Å². The van der Waals surface area contributed by atoms with Crippen molar-refractivity contribution in [3.63, 3.8) is 0 Å². The van der Waals surface area contributed by atoms with Crippen molar-refractivity contribution in [3.8, 4) is 5.75 Å². The van der Waals surface area contributed by atoms with Gasteiger partial charge in [0.25, 0.3) is 5.91 Å². The average molecular weight is 546 g/mol. The van der Waals surface area contributed by atoms with Crippen molar-refractivity contribution in [2.24, 2.45) is 0 Å². The van der Waals surface area contributed by atoms with Gasteiger partial charge in [0.1, 0.15) is 0 Å². The number of aromatic nitrogens is 1. The largest absolute Gasteiger partial charge is 0.503 e. The Morgan fingerprint density at radius 1 is 1.15 bits per heavy atom. The van der Waals surface area contributed by atoms with E-state index < -0.39 is 23.5 Å². The Morgan fingerprint density at radius 3 is 2.54 bits per heavy atom. The Labute approximate surface area is 231 Å². The molecule has 0 fully saturated rings. The van der Waals surface area contributed by atoms with Gasteiger partial charge in [-0.15, -0.1) is 0 Å². The van der Waals surface area contributed by atoms with Gasteiger partial charge >= 0.3 is 0 Å². The number of nitrogens with zero attached hydrogens (tertiary/aromatic N) is 3. The van der Waals surface area contributed by atoms with Crippen LogP contribution in [0.2, 0.25) is 5.02 Å². The van der Waals surface area contributed by atoms with Crippen molar-refractivity contribution in [1.29, 1.82) is 0 Å². The highest BCUT2D eigenvalue weighted by molar-refractivity contribution is 6.31. The third kappa shape index (κ3) is 4.83. The molecule has 4 aromatic rings. The van der Waals surface area contributed by atoms with Crippen molar-refractivity contribution in [2.75, 3.05) is 25.1 Å². The average Bonchev–Trinajstić information content (AvgIpc) is 3.48. The second-order valence-electron chi connectivity index (χ2n) is 9.19. The molecule has 2 aromatic carbocycles. The maximum atomic E-state index is 13.9. The van der Waals surface area contributed by atoms with Crippen molar-refractivity contribution in [2.45, 2.75) is 26.4 Å². The fourth-order valence-electron chi connectivity index (χ4n) is 5.02. The van der Waals surface area contributed by atoms with Gasteiger partial charge in [-0.05, 0) is 55.3 Å². The highest BCUT2D eigenvalue weighted by Gasteiger charge is 2.44. The number of fused-ring (bicyclic) bond motifs is 1. The first-order valence-electron chi connectivity index (χ1n) is 12.7. The van der Waals surface area contributed by atoms with Crippen LogP contribution in [0.3, 0.4) is 0 Å². The molecule has 39 heavy (non-hydrogen) atoms. The van der Waals surface area contributed by atoms with E-state index in [-0.39, 0.29) is 17.9 Å². The molecule has 1 unspecified atom stereocenters. The third-order valence-corrected chi connectivity index (χ3v) is 7.17. The molecule has 9 heteroatoms. The number of aliphatic hydroxyl groups is 1. The van der Waals surface area contributed by atoms with Gasteiger partial charge in [0, 0.05) is 54.2 Å². The number of carbonyl (C=O) groups is 2. The normalized spacial score (nSPS) is 15.3. The molecule has 1 aliphatic rings. The van der Waals surface area contributed by atoms with Crippen LogP contribution in [0.5, 0.6) is 5.75 Å². The summed E-state index contributed by atoms with van der Waals surface area (Å²) in [6.07, 6.45) is 3.30. The van der Waals surface area contributed by atoms with E-state index in [0.717, 1.165) is 24.3 Å². The number of benzene rings is 2. The maximum absolute atomic E-state index is 13.9. The van der Waals surface area contributed by atoms with Crippen molar-refractivity contribution >= 4 is 39.9 Å². The van der Waals surface area contributed by atoms with Gasteiger partial charge in [0.15, 0.2) is 22.9 Å². The Balaban J connectivity index is 1.59. The number of pyridine rings is 1. The first kappa shape index (κ1) is 26.3. The number of methoxy groups -OCH3 is 1. The second kappa shape index (κ2) is 10.8. The van der Waals surface area contributed by atoms with Crippen LogP contribution in [-0.2, 0) is 11.3 Å². The van der Waals surface area contributed by atoms with Gasteiger partial charge in [-0.1, -0.05) is 29.8 Å². The number of amides is 1. The lowest BCUT2D eigenvalue weighted by molar-refractivity contribution is -0.130. The van der Waals surface area contributed by atoms with Crippen molar-refractivity contribution in [1.82, 2.24) is 9.88 Å². The molecule has 8 nitrogen and oxygen atoms in total. The molecule has 1 N–H and O–H groups in total. The minimum absolute atomic E-state index is 0.0343. The first-order valence-corrected chi connectivity index (χ1v) is 13.0. The van der Waals surface area contributed by atoms with Gasteiger partial charge in [-0.25, -0.2) is 0 Å². The summed E-state index contributed by atoms with van der Waals surface area (Å²) in [5.74, 6) is -1.50.